The third kappa shape index (κ3) is 4.92. The van der Waals surface area contributed by atoms with Crippen LogP contribution >= 0.6 is 0 Å². The second kappa shape index (κ2) is 9.26. The number of nitrogens with zero attached hydrogens (tertiary/aromatic N) is 2. The molecule has 1 unspecified atom stereocenters. The van der Waals surface area contributed by atoms with Crippen molar-refractivity contribution in [3.8, 4) is 11.5 Å². The molecule has 1 aliphatic heterocycles. The van der Waals surface area contributed by atoms with E-state index in [1.54, 1.807) is 35.5 Å². The van der Waals surface area contributed by atoms with Crippen LogP contribution in [0.3, 0.4) is 0 Å². The summed E-state index contributed by atoms with van der Waals surface area (Å²) in [6.07, 6.45) is 1.99. The van der Waals surface area contributed by atoms with Gasteiger partial charge in [-0.3, -0.25) is 4.79 Å². The van der Waals surface area contributed by atoms with Crippen LogP contribution in [0.1, 0.15) is 31.2 Å². The largest absolute Gasteiger partial charge is 0.441 e. The third-order valence-electron chi connectivity index (χ3n) is 5.64. The highest BCUT2D eigenvalue weighted by molar-refractivity contribution is 7.89. The van der Waals surface area contributed by atoms with Gasteiger partial charge in [0.25, 0.3) is 0 Å². The molecule has 168 valence electrons. The van der Waals surface area contributed by atoms with Gasteiger partial charge in [-0.05, 0) is 62.1 Å². The summed E-state index contributed by atoms with van der Waals surface area (Å²) in [7, 11) is -3.52. The Balaban J connectivity index is 1.41. The van der Waals surface area contributed by atoms with Crippen LogP contribution in [0.25, 0.3) is 11.5 Å². The number of piperidine rings is 1. The lowest BCUT2D eigenvalue weighted by atomic mass is 10.0. The van der Waals surface area contributed by atoms with Gasteiger partial charge in [-0.15, -0.1) is 0 Å². The lowest BCUT2D eigenvalue weighted by Crippen LogP contribution is -2.39. The molecular formula is C24H27N3O4S. The fourth-order valence-corrected chi connectivity index (χ4v) is 5.48. The minimum atomic E-state index is -3.52. The maximum Gasteiger partial charge on any atom is 0.243 e. The Morgan fingerprint density at radius 3 is 2.56 bits per heavy atom. The van der Waals surface area contributed by atoms with Gasteiger partial charge in [0.2, 0.25) is 21.8 Å². The Hall–Kier alpha value is -2.97. The number of hydrogen-bond donors (Lipinski definition) is 1. The SMILES string of the molecule is Cc1oc(-c2ccccc2)nc1CC(=O)Nc1ccc(S(=O)(=O)N2CCCC(C)C2)cc1. The highest BCUT2D eigenvalue weighted by atomic mass is 32.2. The second-order valence-electron chi connectivity index (χ2n) is 8.25. The van der Waals surface area contributed by atoms with Crippen LogP contribution in [0, 0.1) is 12.8 Å². The van der Waals surface area contributed by atoms with Gasteiger partial charge >= 0.3 is 0 Å². The number of sulfonamides is 1. The zero-order chi connectivity index (χ0) is 22.7. The normalized spacial score (nSPS) is 17.2. The number of aromatic nitrogens is 1. The molecule has 7 nitrogen and oxygen atoms in total. The first-order valence-corrected chi connectivity index (χ1v) is 12.2. The van der Waals surface area contributed by atoms with Crippen LogP contribution in [-0.4, -0.2) is 36.7 Å². The summed E-state index contributed by atoms with van der Waals surface area (Å²) < 4.78 is 33.0. The molecule has 0 aliphatic carbocycles. The van der Waals surface area contributed by atoms with Crippen molar-refractivity contribution in [2.45, 2.75) is 38.0 Å². The Bertz CT molecular complexity index is 1190. The second-order valence-corrected chi connectivity index (χ2v) is 10.2. The molecule has 2 heterocycles. The summed E-state index contributed by atoms with van der Waals surface area (Å²) in [5, 5.41) is 2.80. The Kier molecular flexibility index (Phi) is 6.43. The van der Waals surface area contributed by atoms with Crippen molar-refractivity contribution in [2.75, 3.05) is 18.4 Å². The Labute approximate surface area is 188 Å². The molecule has 4 rings (SSSR count). The topological polar surface area (TPSA) is 92.5 Å². The molecule has 32 heavy (non-hydrogen) atoms. The van der Waals surface area contributed by atoms with E-state index in [2.05, 4.69) is 17.2 Å². The molecule has 3 aromatic rings. The quantitative estimate of drug-likeness (QED) is 0.602. The number of carbonyl (C=O) groups excluding carboxylic acids is 1. The van der Waals surface area contributed by atoms with Gasteiger partial charge in [0.1, 0.15) is 5.76 Å². The van der Waals surface area contributed by atoms with Gasteiger partial charge in [0, 0.05) is 24.3 Å². The van der Waals surface area contributed by atoms with Crippen LogP contribution < -0.4 is 5.32 Å². The van der Waals surface area contributed by atoms with E-state index in [9.17, 15) is 13.2 Å². The van der Waals surface area contributed by atoms with E-state index in [0.29, 0.717) is 42.0 Å². The molecule has 8 heteroatoms. The third-order valence-corrected chi connectivity index (χ3v) is 7.52. The average molecular weight is 454 g/mol. The molecular weight excluding hydrogens is 426 g/mol. The van der Waals surface area contributed by atoms with Crippen molar-refractivity contribution in [3.63, 3.8) is 0 Å². The van der Waals surface area contributed by atoms with Crippen molar-refractivity contribution in [2.24, 2.45) is 5.92 Å². The van der Waals surface area contributed by atoms with Crippen LogP contribution in [0.4, 0.5) is 5.69 Å². The standard InChI is InChI=1S/C24H27N3O4S/c1-17-7-6-14-27(16-17)32(29,30)21-12-10-20(11-13-21)25-23(28)15-22-18(2)31-24(26-22)19-8-4-3-5-9-19/h3-5,8-13,17H,6-7,14-16H2,1-2H3,(H,25,28). The first-order valence-electron chi connectivity index (χ1n) is 10.7. The fraction of sp³-hybridized carbons (Fsp3) is 0.333. The Morgan fingerprint density at radius 1 is 1.16 bits per heavy atom. The summed E-state index contributed by atoms with van der Waals surface area (Å²) in [5.41, 5.74) is 1.95. The van der Waals surface area contributed by atoms with Crippen molar-refractivity contribution >= 4 is 21.6 Å². The van der Waals surface area contributed by atoms with Gasteiger partial charge in [-0.25, -0.2) is 13.4 Å². The summed E-state index contributed by atoms with van der Waals surface area (Å²) in [6.45, 7) is 4.94. The zero-order valence-electron chi connectivity index (χ0n) is 18.2. The number of hydrogen-bond acceptors (Lipinski definition) is 5. The van der Waals surface area contributed by atoms with E-state index in [4.69, 9.17) is 4.42 Å². The first kappa shape index (κ1) is 22.2. The minimum Gasteiger partial charge on any atom is -0.441 e. The van der Waals surface area contributed by atoms with E-state index in [1.165, 1.54) is 0 Å². The van der Waals surface area contributed by atoms with Crippen molar-refractivity contribution in [1.82, 2.24) is 9.29 Å². The monoisotopic (exact) mass is 453 g/mol. The van der Waals surface area contributed by atoms with E-state index in [-0.39, 0.29) is 17.2 Å². The van der Waals surface area contributed by atoms with E-state index >= 15 is 0 Å². The predicted octanol–water partition coefficient (Wildman–Crippen LogP) is 4.25. The number of aryl methyl sites for hydroxylation is 1. The van der Waals surface area contributed by atoms with Crippen LogP contribution in [0.2, 0.25) is 0 Å². The summed E-state index contributed by atoms with van der Waals surface area (Å²) in [6, 6.07) is 15.8. The number of carbonyl (C=O) groups is 1. The highest BCUT2D eigenvalue weighted by Gasteiger charge is 2.28. The predicted molar refractivity (Wildman–Crippen MR) is 123 cm³/mol. The molecule has 1 atom stereocenters. The summed E-state index contributed by atoms with van der Waals surface area (Å²) in [5.74, 6) is 1.18. The van der Waals surface area contributed by atoms with Crippen molar-refractivity contribution in [3.05, 3.63) is 66.1 Å². The van der Waals surface area contributed by atoms with Gasteiger partial charge < -0.3 is 9.73 Å². The molecule has 1 aliphatic rings. The molecule has 1 N–H and O–H groups in total. The summed E-state index contributed by atoms with van der Waals surface area (Å²) >= 11 is 0. The molecule has 1 amide bonds. The minimum absolute atomic E-state index is 0.0634. The lowest BCUT2D eigenvalue weighted by Gasteiger charge is -2.30. The fourth-order valence-electron chi connectivity index (χ4n) is 3.88. The molecule has 1 fully saturated rings. The van der Waals surface area contributed by atoms with Gasteiger partial charge in [0.15, 0.2) is 0 Å². The molecule has 0 bridgehead atoms. The molecule has 2 aromatic carbocycles. The van der Waals surface area contributed by atoms with Gasteiger partial charge in [0.05, 0.1) is 17.0 Å². The van der Waals surface area contributed by atoms with Crippen LogP contribution in [0.15, 0.2) is 63.9 Å². The molecule has 1 saturated heterocycles. The van der Waals surface area contributed by atoms with Gasteiger partial charge in [-0.2, -0.15) is 4.31 Å². The smallest absolute Gasteiger partial charge is 0.243 e. The van der Waals surface area contributed by atoms with Crippen molar-refractivity contribution < 1.29 is 17.6 Å². The van der Waals surface area contributed by atoms with Crippen LogP contribution in [-0.2, 0) is 21.2 Å². The lowest BCUT2D eigenvalue weighted by molar-refractivity contribution is -0.115. The number of nitrogens with one attached hydrogen (secondary N) is 1. The van der Waals surface area contributed by atoms with E-state index in [0.717, 1.165) is 18.4 Å². The highest BCUT2D eigenvalue weighted by Crippen LogP contribution is 2.25. The number of benzene rings is 2. The maximum absolute atomic E-state index is 12.9. The number of oxazole rings is 1. The van der Waals surface area contributed by atoms with E-state index < -0.39 is 10.0 Å². The molecule has 0 saturated carbocycles. The first-order chi connectivity index (χ1) is 15.3. The number of amides is 1. The summed E-state index contributed by atoms with van der Waals surface area (Å²) in [4.78, 5) is 17.2. The van der Waals surface area contributed by atoms with Crippen molar-refractivity contribution in [1.29, 1.82) is 0 Å². The van der Waals surface area contributed by atoms with Crippen LogP contribution in [0.5, 0.6) is 0 Å². The van der Waals surface area contributed by atoms with Gasteiger partial charge in [-0.1, -0.05) is 25.1 Å². The molecule has 0 radical (unpaired) electrons. The number of anilines is 1. The zero-order valence-corrected chi connectivity index (χ0v) is 19.1. The Morgan fingerprint density at radius 2 is 1.88 bits per heavy atom. The average Bonchev–Trinajstić information content (AvgIpc) is 3.15. The number of rotatable bonds is 6. The molecule has 1 aromatic heterocycles. The van der Waals surface area contributed by atoms with E-state index in [1.807, 2.05) is 30.3 Å². The molecule has 0 spiro atoms. The maximum atomic E-state index is 12.9.